The number of sulfone groups is 1. The van der Waals surface area contributed by atoms with Gasteiger partial charge in [-0.2, -0.15) is 0 Å². The maximum absolute atomic E-state index is 11.8. The SMILES string of the molecule is CCN(CC)C1CCN(c2cccc(S(C)(=O)=O)c2N)C1. The van der Waals surface area contributed by atoms with Crippen LogP contribution in [0.2, 0.25) is 0 Å². The van der Waals surface area contributed by atoms with Crippen LogP contribution >= 0.6 is 0 Å². The zero-order valence-corrected chi connectivity index (χ0v) is 13.9. The van der Waals surface area contributed by atoms with Gasteiger partial charge in [-0.3, -0.25) is 4.90 Å². The van der Waals surface area contributed by atoms with Crippen LogP contribution in [-0.4, -0.2) is 51.8 Å². The summed E-state index contributed by atoms with van der Waals surface area (Å²) in [6.45, 7) is 8.23. The number of hydrogen-bond donors (Lipinski definition) is 1. The average Bonchev–Trinajstić information content (AvgIpc) is 2.88. The molecule has 0 saturated carbocycles. The van der Waals surface area contributed by atoms with E-state index >= 15 is 0 Å². The Morgan fingerprint density at radius 3 is 2.57 bits per heavy atom. The van der Waals surface area contributed by atoms with Gasteiger partial charge in [-0.15, -0.1) is 0 Å². The minimum atomic E-state index is -3.29. The molecule has 0 aromatic heterocycles. The van der Waals surface area contributed by atoms with Crippen molar-refractivity contribution >= 4 is 21.2 Å². The predicted octanol–water partition coefficient (Wildman–Crippen LogP) is 1.59. The number of nitrogens with zero attached hydrogens (tertiary/aromatic N) is 2. The summed E-state index contributed by atoms with van der Waals surface area (Å²) >= 11 is 0. The van der Waals surface area contributed by atoms with E-state index in [1.807, 2.05) is 6.07 Å². The molecule has 6 heteroatoms. The van der Waals surface area contributed by atoms with Crippen molar-refractivity contribution < 1.29 is 8.42 Å². The maximum Gasteiger partial charge on any atom is 0.177 e. The molecule has 1 fully saturated rings. The zero-order valence-electron chi connectivity index (χ0n) is 13.0. The van der Waals surface area contributed by atoms with E-state index in [0.29, 0.717) is 11.7 Å². The second kappa shape index (κ2) is 6.23. The van der Waals surface area contributed by atoms with Crippen molar-refractivity contribution in [2.45, 2.75) is 31.2 Å². The Morgan fingerprint density at radius 2 is 2.00 bits per heavy atom. The molecule has 0 spiro atoms. The normalized spacial score (nSPS) is 19.4. The monoisotopic (exact) mass is 311 g/mol. The highest BCUT2D eigenvalue weighted by Gasteiger charge is 2.28. The Labute approximate surface area is 127 Å². The number of rotatable bonds is 5. The molecule has 1 aliphatic rings. The highest BCUT2D eigenvalue weighted by Crippen LogP contribution is 2.32. The molecule has 1 heterocycles. The molecule has 2 N–H and O–H groups in total. The Hall–Kier alpha value is -1.27. The van der Waals surface area contributed by atoms with E-state index in [1.54, 1.807) is 12.1 Å². The first-order valence-electron chi connectivity index (χ1n) is 7.46. The van der Waals surface area contributed by atoms with Crippen molar-refractivity contribution in [2.75, 3.05) is 43.1 Å². The third kappa shape index (κ3) is 3.32. The summed E-state index contributed by atoms with van der Waals surface area (Å²) in [4.78, 5) is 4.87. The lowest BCUT2D eigenvalue weighted by Crippen LogP contribution is -2.37. The first-order chi connectivity index (χ1) is 9.88. The van der Waals surface area contributed by atoms with E-state index in [2.05, 4.69) is 23.6 Å². The summed E-state index contributed by atoms with van der Waals surface area (Å²) in [6, 6.07) is 5.77. The van der Waals surface area contributed by atoms with Gasteiger partial charge < -0.3 is 10.6 Å². The summed E-state index contributed by atoms with van der Waals surface area (Å²) in [5.74, 6) is 0. The van der Waals surface area contributed by atoms with Crippen molar-refractivity contribution in [3.05, 3.63) is 18.2 Å². The number of para-hydroxylation sites is 1. The molecule has 21 heavy (non-hydrogen) atoms. The Kier molecular flexibility index (Phi) is 4.78. The minimum absolute atomic E-state index is 0.228. The van der Waals surface area contributed by atoms with Gasteiger partial charge in [0.25, 0.3) is 0 Å². The molecule has 0 aliphatic carbocycles. The first kappa shape index (κ1) is 16.1. The van der Waals surface area contributed by atoms with Gasteiger partial charge in [-0.1, -0.05) is 19.9 Å². The lowest BCUT2D eigenvalue weighted by atomic mass is 10.2. The minimum Gasteiger partial charge on any atom is -0.396 e. The standard InChI is InChI=1S/C15H25N3O2S/c1-4-17(5-2)12-9-10-18(11-12)13-7-6-8-14(15(13)16)21(3,19)20/h6-8,12H,4-5,9-11,16H2,1-3H3. The van der Waals surface area contributed by atoms with E-state index in [0.717, 1.165) is 38.3 Å². The van der Waals surface area contributed by atoms with Gasteiger partial charge >= 0.3 is 0 Å². The second-order valence-corrected chi connectivity index (χ2v) is 7.55. The molecule has 1 aliphatic heterocycles. The topological polar surface area (TPSA) is 66.6 Å². The smallest absolute Gasteiger partial charge is 0.177 e. The van der Waals surface area contributed by atoms with Crippen molar-refractivity contribution in [3.63, 3.8) is 0 Å². The molecule has 0 bridgehead atoms. The van der Waals surface area contributed by atoms with E-state index in [9.17, 15) is 8.42 Å². The van der Waals surface area contributed by atoms with E-state index in [-0.39, 0.29) is 4.90 Å². The second-order valence-electron chi connectivity index (χ2n) is 5.57. The molecule has 5 nitrogen and oxygen atoms in total. The van der Waals surface area contributed by atoms with Gasteiger partial charge in [0.2, 0.25) is 0 Å². The summed E-state index contributed by atoms with van der Waals surface area (Å²) in [7, 11) is -3.29. The van der Waals surface area contributed by atoms with Crippen molar-refractivity contribution in [2.24, 2.45) is 0 Å². The molecular weight excluding hydrogens is 286 g/mol. The van der Waals surface area contributed by atoms with E-state index < -0.39 is 9.84 Å². The fourth-order valence-corrected chi connectivity index (χ4v) is 3.96. The fourth-order valence-electron chi connectivity index (χ4n) is 3.13. The third-order valence-electron chi connectivity index (χ3n) is 4.28. The van der Waals surface area contributed by atoms with E-state index in [1.165, 1.54) is 6.26 Å². The molecular formula is C15H25N3O2S. The van der Waals surface area contributed by atoms with Crippen LogP contribution in [0.1, 0.15) is 20.3 Å². The van der Waals surface area contributed by atoms with Crippen molar-refractivity contribution in [3.8, 4) is 0 Å². The van der Waals surface area contributed by atoms with Crippen LogP contribution in [0.25, 0.3) is 0 Å². The van der Waals surface area contributed by atoms with Crippen molar-refractivity contribution in [1.29, 1.82) is 0 Å². The van der Waals surface area contributed by atoms with Gasteiger partial charge in [-0.25, -0.2) is 8.42 Å². The molecule has 118 valence electrons. The van der Waals surface area contributed by atoms with Crippen LogP contribution in [0.4, 0.5) is 11.4 Å². The molecule has 1 unspecified atom stereocenters. The largest absolute Gasteiger partial charge is 0.396 e. The van der Waals surface area contributed by atoms with Gasteiger partial charge in [0, 0.05) is 25.4 Å². The van der Waals surface area contributed by atoms with Crippen LogP contribution in [0.5, 0.6) is 0 Å². The van der Waals surface area contributed by atoms with Gasteiger partial charge in [0.05, 0.1) is 16.3 Å². The maximum atomic E-state index is 11.8. The molecule has 1 aromatic rings. The summed E-state index contributed by atoms with van der Waals surface area (Å²) in [6.07, 6.45) is 2.29. The Morgan fingerprint density at radius 1 is 1.33 bits per heavy atom. The molecule has 0 amide bonds. The number of hydrogen-bond acceptors (Lipinski definition) is 5. The van der Waals surface area contributed by atoms with Gasteiger partial charge in [0.1, 0.15) is 0 Å². The summed E-state index contributed by atoms with van der Waals surface area (Å²) in [5, 5.41) is 0. The Balaban J connectivity index is 2.25. The number of nitrogen functional groups attached to an aromatic ring is 1. The molecule has 2 rings (SSSR count). The number of nitrogens with two attached hydrogens (primary N) is 1. The highest BCUT2D eigenvalue weighted by molar-refractivity contribution is 7.90. The lowest BCUT2D eigenvalue weighted by molar-refractivity contribution is 0.232. The number of anilines is 2. The van der Waals surface area contributed by atoms with Crippen LogP contribution in [-0.2, 0) is 9.84 Å². The average molecular weight is 311 g/mol. The zero-order chi connectivity index (χ0) is 15.6. The third-order valence-corrected chi connectivity index (χ3v) is 5.43. The summed E-state index contributed by atoms with van der Waals surface area (Å²) < 4.78 is 23.6. The Bertz CT molecular complexity index is 597. The van der Waals surface area contributed by atoms with Crippen LogP contribution in [0.15, 0.2) is 23.1 Å². The first-order valence-corrected chi connectivity index (χ1v) is 9.35. The molecule has 1 aromatic carbocycles. The quantitative estimate of drug-likeness (QED) is 0.837. The predicted molar refractivity (Wildman–Crippen MR) is 87.5 cm³/mol. The fraction of sp³-hybridized carbons (Fsp3) is 0.600. The van der Waals surface area contributed by atoms with Gasteiger partial charge in [0.15, 0.2) is 9.84 Å². The lowest BCUT2D eigenvalue weighted by Gasteiger charge is -2.27. The number of likely N-dealkylation sites (N-methyl/N-ethyl adjacent to an activating group) is 1. The highest BCUT2D eigenvalue weighted by atomic mass is 32.2. The van der Waals surface area contributed by atoms with Gasteiger partial charge in [-0.05, 0) is 31.6 Å². The van der Waals surface area contributed by atoms with Crippen molar-refractivity contribution in [1.82, 2.24) is 4.90 Å². The van der Waals surface area contributed by atoms with E-state index in [4.69, 9.17) is 5.73 Å². The van der Waals surface area contributed by atoms with Crippen LogP contribution in [0.3, 0.4) is 0 Å². The molecule has 1 atom stereocenters. The molecule has 1 saturated heterocycles. The number of benzene rings is 1. The van der Waals surface area contributed by atoms with Crippen LogP contribution in [0, 0.1) is 0 Å². The van der Waals surface area contributed by atoms with Crippen LogP contribution < -0.4 is 10.6 Å². The summed E-state index contributed by atoms with van der Waals surface area (Å²) in [5.41, 5.74) is 7.32. The molecule has 0 radical (unpaired) electrons.